The van der Waals surface area contributed by atoms with Gasteiger partial charge < -0.3 is 10.5 Å². The Hall–Kier alpha value is -1.51. The number of nitrogen functional groups attached to an aromatic ring is 1. The number of anilines is 1. The van der Waals surface area contributed by atoms with Crippen molar-refractivity contribution in [3.05, 3.63) is 29.8 Å². The summed E-state index contributed by atoms with van der Waals surface area (Å²) in [6.45, 7) is 3.22. The SMILES string of the molecule is CC(=O)OC(C)c1ccc(N)cc1. The Kier molecular flexibility index (Phi) is 2.90. The van der Waals surface area contributed by atoms with Crippen molar-refractivity contribution in [2.45, 2.75) is 20.0 Å². The molecule has 0 bridgehead atoms. The smallest absolute Gasteiger partial charge is 0.303 e. The zero-order chi connectivity index (χ0) is 9.84. The summed E-state index contributed by atoms with van der Waals surface area (Å²) in [5.74, 6) is -0.274. The lowest BCUT2D eigenvalue weighted by atomic mass is 10.1. The molecule has 0 spiro atoms. The minimum Gasteiger partial charge on any atom is -0.458 e. The second-order valence-corrected chi connectivity index (χ2v) is 2.92. The predicted octanol–water partition coefficient (Wildman–Crippen LogP) is 1.89. The Bertz CT molecular complexity index is 292. The van der Waals surface area contributed by atoms with Crippen LogP contribution < -0.4 is 5.73 Å². The molecule has 0 aromatic heterocycles. The van der Waals surface area contributed by atoms with Crippen LogP contribution in [0, 0.1) is 0 Å². The van der Waals surface area contributed by atoms with E-state index in [2.05, 4.69) is 0 Å². The molecule has 0 aliphatic carbocycles. The zero-order valence-corrected chi connectivity index (χ0v) is 7.78. The van der Waals surface area contributed by atoms with E-state index >= 15 is 0 Å². The molecule has 13 heavy (non-hydrogen) atoms. The summed E-state index contributed by atoms with van der Waals surface area (Å²) in [4.78, 5) is 10.6. The predicted molar refractivity (Wildman–Crippen MR) is 51.0 cm³/mol. The number of esters is 1. The Labute approximate surface area is 77.5 Å². The van der Waals surface area contributed by atoms with Crippen LogP contribution in [0.4, 0.5) is 5.69 Å². The van der Waals surface area contributed by atoms with Crippen LogP contribution in [0.5, 0.6) is 0 Å². The van der Waals surface area contributed by atoms with Gasteiger partial charge in [-0.3, -0.25) is 4.79 Å². The first-order valence-electron chi connectivity index (χ1n) is 4.12. The van der Waals surface area contributed by atoms with Gasteiger partial charge in [-0.05, 0) is 24.6 Å². The van der Waals surface area contributed by atoms with E-state index in [0.29, 0.717) is 5.69 Å². The lowest BCUT2D eigenvalue weighted by Crippen LogP contribution is -2.04. The van der Waals surface area contributed by atoms with Crippen molar-refractivity contribution in [2.75, 3.05) is 5.73 Å². The molecule has 1 aromatic carbocycles. The molecule has 1 unspecified atom stereocenters. The van der Waals surface area contributed by atoms with Gasteiger partial charge in [0.15, 0.2) is 0 Å². The van der Waals surface area contributed by atoms with Crippen molar-refractivity contribution in [1.82, 2.24) is 0 Å². The highest BCUT2D eigenvalue weighted by Gasteiger charge is 2.07. The maximum Gasteiger partial charge on any atom is 0.303 e. The molecule has 0 aliphatic heterocycles. The second kappa shape index (κ2) is 3.94. The molecule has 1 rings (SSSR count). The fourth-order valence-electron chi connectivity index (χ4n) is 1.08. The standard InChI is InChI=1S/C10H13NO2/c1-7(13-8(2)12)9-3-5-10(11)6-4-9/h3-7H,11H2,1-2H3. The van der Waals surface area contributed by atoms with Crippen molar-refractivity contribution in [2.24, 2.45) is 0 Å². The lowest BCUT2D eigenvalue weighted by molar-refractivity contribution is -0.145. The van der Waals surface area contributed by atoms with Gasteiger partial charge in [-0.1, -0.05) is 12.1 Å². The van der Waals surface area contributed by atoms with Crippen LogP contribution in [-0.4, -0.2) is 5.97 Å². The Morgan fingerprint density at radius 2 is 1.92 bits per heavy atom. The molecule has 1 atom stereocenters. The molecule has 0 heterocycles. The Morgan fingerprint density at radius 1 is 1.38 bits per heavy atom. The Morgan fingerprint density at radius 3 is 2.38 bits per heavy atom. The molecule has 0 saturated heterocycles. The van der Waals surface area contributed by atoms with Gasteiger partial charge >= 0.3 is 5.97 Å². The topological polar surface area (TPSA) is 52.3 Å². The van der Waals surface area contributed by atoms with Crippen molar-refractivity contribution in [3.8, 4) is 0 Å². The highest BCUT2D eigenvalue weighted by atomic mass is 16.5. The molecule has 0 amide bonds. The average Bonchev–Trinajstić information content (AvgIpc) is 2.04. The van der Waals surface area contributed by atoms with Crippen molar-refractivity contribution < 1.29 is 9.53 Å². The minimum atomic E-state index is -0.274. The third-order valence-corrected chi connectivity index (χ3v) is 1.75. The van der Waals surface area contributed by atoms with E-state index in [1.165, 1.54) is 6.92 Å². The summed E-state index contributed by atoms with van der Waals surface area (Å²) < 4.78 is 5.00. The first-order valence-corrected chi connectivity index (χ1v) is 4.12. The van der Waals surface area contributed by atoms with E-state index in [-0.39, 0.29) is 12.1 Å². The van der Waals surface area contributed by atoms with Crippen LogP contribution in [0.1, 0.15) is 25.5 Å². The molecule has 3 heteroatoms. The van der Waals surface area contributed by atoms with Crippen LogP contribution in [-0.2, 0) is 9.53 Å². The van der Waals surface area contributed by atoms with Crippen LogP contribution in [0.15, 0.2) is 24.3 Å². The monoisotopic (exact) mass is 179 g/mol. The number of benzene rings is 1. The maximum absolute atomic E-state index is 10.6. The normalized spacial score (nSPS) is 12.2. The van der Waals surface area contributed by atoms with Crippen LogP contribution in [0.25, 0.3) is 0 Å². The lowest BCUT2D eigenvalue weighted by Gasteiger charge is -2.11. The largest absolute Gasteiger partial charge is 0.458 e. The third-order valence-electron chi connectivity index (χ3n) is 1.75. The van der Waals surface area contributed by atoms with E-state index in [0.717, 1.165) is 5.56 Å². The highest BCUT2D eigenvalue weighted by molar-refractivity contribution is 5.66. The fraction of sp³-hybridized carbons (Fsp3) is 0.300. The molecule has 0 aliphatic rings. The third kappa shape index (κ3) is 2.78. The van der Waals surface area contributed by atoms with Crippen molar-refractivity contribution in [3.63, 3.8) is 0 Å². The molecule has 2 N–H and O–H groups in total. The number of rotatable bonds is 2. The number of ether oxygens (including phenoxy) is 1. The van der Waals surface area contributed by atoms with E-state index in [4.69, 9.17) is 10.5 Å². The number of hydrogen-bond donors (Lipinski definition) is 1. The summed E-state index contributed by atoms with van der Waals surface area (Å²) in [6, 6.07) is 7.27. The van der Waals surface area contributed by atoms with Gasteiger partial charge in [0.25, 0.3) is 0 Å². The molecule has 70 valence electrons. The van der Waals surface area contributed by atoms with Gasteiger partial charge in [0, 0.05) is 12.6 Å². The van der Waals surface area contributed by atoms with Gasteiger partial charge in [-0.15, -0.1) is 0 Å². The quantitative estimate of drug-likeness (QED) is 0.557. The maximum atomic E-state index is 10.6. The van der Waals surface area contributed by atoms with Gasteiger partial charge in [-0.25, -0.2) is 0 Å². The molecule has 0 saturated carbocycles. The first kappa shape index (κ1) is 9.58. The number of hydrogen-bond acceptors (Lipinski definition) is 3. The van der Waals surface area contributed by atoms with Gasteiger partial charge in [-0.2, -0.15) is 0 Å². The van der Waals surface area contributed by atoms with E-state index in [1.807, 2.05) is 19.1 Å². The molecule has 1 aromatic rings. The second-order valence-electron chi connectivity index (χ2n) is 2.92. The molecular formula is C10H13NO2. The Balaban J connectivity index is 2.71. The first-order chi connectivity index (χ1) is 6.09. The molecule has 3 nitrogen and oxygen atoms in total. The number of carbonyl (C=O) groups excluding carboxylic acids is 1. The zero-order valence-electron chi connectivity index (χ0n) is 7.78. The van der Waals surface area contributed by atoms with Crippen LogP contribution >= 0.6 is 0 Å². The van der Waals surface area contributed by atoms with E-state index in [1.54, 1.807) is 12.1 Å². The molecule has 0 fully saturated rings. The van der Waals surface area contributed by atoms with Gasteiger partial charge in [0.1, 0.15) is 6.10 Å². The van der Waals surface area contributed by atoms with Gasteiger partial charge in [0.2, 0.25) is 0 Å². The minimum absolute atomic E-state index is 0.210. The van der Waals surface area contributed by atoms with Gasteiger partial charge in [0.05, 0.1) is 0 Å². The summed E-state index contributed by atoms with van der Waals surface area (Å²) in [5.41, 5.74) is 7.18. The van der Waals surface area contributed by atoms with Crippen LogP contribution in [0.2, 0.25) is 0 Å². The summed E-state index contributed by atoms with van der Waals surface area (Å²) in [6.07, 6.45) is -0.210. The molecule has 0 radical (unpaired) electrons. The van der Waals surface area contributed by atoms with E-state index in [9.17, 15) is 4.79 Å². The highest BCUT2D eigenvalue weighted by Crippen LogP contribution is 2.17. The molecular weight excluding hydrogens is 166 g/mol. The van der Waals surface area contributed by atoms with Crippen LogP contribution in [0.3, 0.4) is 0 Å². The average molecular weight is 179 g/mol. The fourth-order valence-corrected chi connectivity index (χ4v) is 1.08. The van der Waals surface area contributed by atoms with Crippen molar-refractivity contribution >= 4 is 11.7 Å². The summed E-state index contributed by atoms with van der Waals surface area (Å²) in [5, 5.41) is 0. The summed E-state index contributed by atoms with van der Waals surface area (Å²) >= 11 is 0. The number of nitrogens with two attached hydrogens (primary N) is 1. The summed E-state index contributed by atoms with van der Waals surface area (Å²) in [7, 11) is 0. The van der Waals surface area contributed by atoms with Crippen molar-refractivity contribution in [1.29, 1.82) is 0 Å². The number of carbonyl (C=O) groups is 1. The van der Waals surface area contributed by atoms with E-state index < -0.39 is 0 Å².